The quantitative estimate of drug-likeness (QED) is 0.439. The number of carbonyl (C=O) groups excluding carboxylic acids is 2. The van der Waals surface area contributed by atoms with Gasteiger partial charge in [-0.2, -0.15) is 18.3 Å². The van der Waals surface area contributed by atoms with E-state index in [2.05, 4.69) is 15.4 Å². The van der Waals surface area contributed by atoms with E-state index in [1.807, 2.05) is 0 Å². The number of nitrogens with zero attached hydrogens (tertiary/aromatic N) is 4. The molecule has 2 fully saturated rings. The summed E-state index contributed by atoms with van der Waals surface area (Å²) >= 11 is 0. The summed E-state index contributed by atoms with van der Waals surface area (Å²) in [4.78, 5) is 30.4. The second kappa shape index (κ2) is 8.89. The van der Waals surface area contributed by atoms with Crippen LogP contribution in [0, 0.1) is 12.7 Å². The van der Waals surface area contributed by atoms with Gasteiger partial charge in [-0.05, 0) is 49.9 Å². The molecule has 0 unspecified atom stereocenters. The standard InChI is InChI=1S/C24H23F5N6O3/c1-11-13(21(36)33-17-9-34(8-16(17)26)22(37)23(38)3-2-4-23)5-12(6-15(11)25)18-7-14(24(27,28)29)19-20(30)31-10-32-35(18)19/h5-7,10,16-17,38H,2-4,8-9H2,1H3,(H,33,36)(H2,30,31,32)/t16-,17+/m0/s1. The maximum atomic E-state index is 14.9. The van der Waals surface area contributed by atoms with E-state index in [-0.39, 0.29) is 48.3 Å². The molecule has 0 radical (unpaired) electrons. The van der Waals surface area contributed by atoms with Gasteiger partial charge in [-0.3, -0.25) is 9.59 Å². The first kappa shape index (κ1) is 25.8. The predicted molar refractivity (Wildman–Crippen MR) is 124 cm³/mol. The third-order valence-electron chi connectivity index (χ3n) is 7.20. The van der Waals surface area contributed by atoms with Crippen molar-refractivity contribution in [2.45, 2.75) is 50.2 Å². The van der Waals surface area contributed by atoms with Crippen molar-refractivity contribution in [2.75, 3.05) is 18.8 Å². The number of benzene rings is 1. The lowest BCUT2D eigenvalue weighted by molar-refractivity contribution is -0.159. The zero-order chi connectivity index (χ0) is 27.6. The predicted octanol–water partition coefficient (Wildman–Crippen LogP) is 2.64. The molecular weight excluding hydrogens is 515 g/mol. The first-order valence-electron chi connectivity index (χ1n) is 11.8. The lowest BCUT2D eigenvalue weighted by atomic mass is 9.79. The smallest absolute Gasteiger partial charge is 0.382 e. The van der Waals surface area contributed by atoms with Crippen molar-refractivity contribution in [3.05, 3.63) is 47.0 Å². The van der Waals surface area contributed by atoms with E-state index in [0.717, 1.165) is 27.9 Å². The van der Waals surface area contributed by atoms with Crippen LogP contribution in [0.25, 0.3) is 16.8 Å². The number of amides is 2. The van der Waals surface area contributed by atoms with Crippen LogP contribution < -0.4 is 11.1 Å². The normalized spacial score (nSPS) is 21.0. The number of nitrogens with one attached hydrogen (secondary N) is 1. The van der Waals surface area contributed by atoms with E-state index in [4.69, 9.17) is 5.73 Å². The highest BCUT2D eigenvalue weighted by Gasteiger charge is 2.48. The van der Waals surface area contributed by atoms with E-state index in [1.54, 1.807) is 0 Å². The molecule has 0 spiro atoms. The van der Waals surface area contributed by atoms with Crippen molar-refractivity contribution in [2.24, 2.45) is 0 Å². The lowest BCUT2D eigenvalue weighted by Gasteiger charge is -2.37. The summed E-state index contributed by atoms with van der Waals surface area (Å²) in [6.07, 6.45) is -4.27. The Hall–Kier alpha value is -3.81. The molecule has 1 saturated heterocycles. The topological polar surface area (TPSA) is 126 Å². The molecule has 0 bridgehead atoms. The van der Waals surface area contributed by atoms with Crippen molar-refractivity contribution in [3.8, 4) is 11.3 Å². The number of hydrogen-bond donors (Lipinski definition) is 3. The molecule has 1 aliphatic heterocycles. The van der Waals surface area contributed by atoms with E-state index >= 15 is 0 Å². The Bertz CT molecular complexity index is 1450. The van der Waals surface area contributed by atoms with Gasteiger partial charge in [0.1, 0.15) is 29.4 Å². The Balaban J connectivity index is 1.46. The minimum Gasteiger partial charge on any atom is -0.382 e. The fraction of sp³-hybridized carbons (Fsp3) is 0.417. The van der Waals surface area contributed by atoms with Gasteiger partial charge in [0.05, 0.1) is 23.8 Å². The fourth-order valence-corrected chi connectivity index (χ4v) is 4.88. The molecule has 202 valence electrons. The van der Waals surface area contributed by atoms with Crippen LogP contribution in [-0.2, 0) is 11.0 Å². The number of carbonyl (C=O) groups is 2. The van der Waals surface area contributed by atoms with Crippen molar-refractivity contribution in [1.82, 2.24) is 24.8 Å². The molecule has 1 aromatic carbocycles. The largest absolute Gasteiger partial charge is 0.418 e. The Labute approximate surface area is 212 Å². The number of anilines is 1. The van der Waals surface area contributed by atoms with Crippen molar-refractivity contribution >= 4 is 23.1 Å². The van der Waals surface area contributed by atoms with Gasteiger partial charge in [-0.25, -0.2) is 18.3 Å². The highest BCUT2D eigenvalue weighted by molar-refractivity contribution is 5.97. The van der Waals surface area contributed by atoms with Crippen LogP contribution >= 0.6 is 0 Å². The van der Waals surface area contributed by atoms with Crippen LogP contribution in [0.1, 0.15) is 40.7 Å². The number of halogens is 5. The number of rotatable bonds is 4. The molecule has 1 aliphatic carbocycles. The third-order valence-corrected chi connectivity index (χ3v) is 7.20. The van der Waals surface area contributed by atoms with Crippen molar-refractivity contribution in [3.63, 3.8) is 0 Å². The molecule has 3 aromatic rings. The molecule has 2 aliphatic rings. The van der Waals surface area contributed by atoms with Crippen LogP contribution in [0.5, 0.6) is 0 Å². The van der Waals surface area contributed by atoms with Crippen LogP contribution in [0.15, 0.2) is 24.5 Å². The molecular formula is C24H23F5N6O3. The van der Waals surface area contributed by atoms with Crippen LogP contribution in [0.4, 0.5) is 27.8 Å². The molecule has 14 heteroatoms. The second-order valence-electron chi connectivity index (χ2n) is 9.67. The van der Waals surface area contributed by atoms with Crippen molar-refractivity contribution in [1.29, 1.82) is 0 Å². The highest BCUT2D eigenvalue weighted by atomic mass is 19.4. The van der Waals surface area contributed by atoms with Gasteiger partial charge in [0.15, 0.2) is 5.82 Å². The maximum Gasteiger partial charge on any atom is 0.418 e. The van der Waals surface area contributed by atoms with Crippen molar-refractivity contribution < 1.29 is 36.6 Å². The van der Waals surface area contributed by atoms with Gasteiger partial charge in [0, 0.05) is 17.7 Å². The number of aliphatic hydroxyl groups is 1. The molecule has 2 aromatic heterocycles. The lowest BCUT2D eigenvalue weighted by Crippen LogP contribution is -2.53. The SMILES string of the molecule is Cc1c(F)cc(-c2cc(C(F)(F)F)c3c(N)ncnn23)cc1C(=O)N[C@@H]1CN(C(=O)C2(O)CCC2)C[C@@H]1F. The van der Waals surface area contributed by atoms with Crippen LogP contribution in [-0.4, -0.2) is 67.3 Å². The Morgan fingerprint density at radius 1 is 1.21 bits per heavy atom. The van der Waals surface area contributed by atoms with Gasteiger partial charge in [0.25, 0.3) is 11.8 Å². The van der Waals surface area contributed by atoms with Gasteiger partial charge < -0.3 is 21.1 Å². The molecule has 2 amide bonds. The van der Waals surface area contributed by atoms with Gasteiger partial charge >= 0.3 is 6.18 Å². The molecule has 9 nitrogen and oxygen atoms in total. The Morgan fingerprint density at radius 3 is 2.55 bits per heavy atom. The number of nitrogen functional groups attached to an aromatic ring is 1. The first-order chi connectivity index (χ1) is 17.8. The monoisotopic (exact) mass is 538 g/mol. The minimum absolute atomic E-state index is 0.103. The molecule has 2 atom stereocenters. The minimum atomic E-state index is -4.82. The molecule has 4 N–H and O–H groups in total. The van der Waals surface area contributed by atoms with E-state index < -0.39 is 58.5 Å². The Kier molecular flexibility index (Phi) is 6.04. The van der Waals surface area contributed by atoms with E-state index in [9.17, 15) is 36.6 Å². The highest BCUT2D eigenvalue weighted by Crippen LogP contribution is 2.39. The Morgan fingerprint density at radius 2 is 1.92 bits per heavy atom. The summed E-state index contributed by atoms with van der Waals surface area (Å²) < 4.78 is 71.6. The summed E-state index contributed by atoms with van der Waals surface area (Å²) in [5.74, 6) is -2.80. The van der Waals surface area contributed by atoms with Gasteiger partial charge in [-0.15, -0.1) is 0 Å². The number of nitrogens with two attached hydrogens (primary N) is 1. The summed E-state index contributed by atoms with van der Waals surface area (Å²) in [5, 5.41) is 16.6. The fourth-order valence-electron chi connectivity index (χ4n) is 4.88. The zero-order valence-electron chi connectivity index (χ0n) is 20.0. The van der Waals surface area contributed by atoms with Gasteiger partial charge in [-0.1, -0.05) is 0 Å². The number of likely N-dealkylation sites (tertiary alicyclic amines) is 1. The third kappa shape index (κ3) is 4.22. The number of aromatic nitrogens is 3. The van der Waals surface area contributed by atoms with E-state index in [1.165, 1.54) is 13.0 Å². The second-order valence-corrected chi connectivity index (χ2v) is 9.67. The number of alkyl halides is 4. The molecule has 38 heavy (non-hydrogen) atoms. The molecule has 3 heterocycles. The van der Waals surface area contributed by atoms with E-state index in [0.29, 0.717) is 6.42 Å². The van der Waals surface area contributed by atoms with Gasteiger partial charge in [0.2, 0.25) is 0 Å². The summed E-state index contributed by atoms with van der Waals surface area (Å²) in [6, 6.07) is 1.74. The summed E-state index contributed by atoms with van der Waals surface area (Å²) in [6.45, 7) is 0.788. The average molecular weight is 538 g/mol. The summed E-state index contributed by atoms with van der Waals surface area (Å²) in [7, 11) is 0. The molecule has 5 rings (SSSR count). The number of hydrogen-bond acceptors (Lipinski definition) is 6. The molecule has 1 saturated carbocycles. The average Bonchev–Trinajstić information content (AvgIpc) is 3.40. The van der Waals surface area contributed by atoms with Crippen LogP contribution in [0.2, 0.25) is 0 Å². The summed E-state index contributed by atoms with van der Waals surface area (Å²) in [5.41, 5.74) is 1.85. The number of fused-ring (bicyclic) bond motifs is 1. The maximum absolute atomic E-state index is 14.9. The zero-order valence-corrected chi connectivity index (χ0v) is 20.0. The first-order valence-corrected chi connectivity index (χ1v) is 11.8. The van der Waals surface area contributed by atoms with Crippen LogP contribution in [0.3, 0.4) is 0 Å².